The van der Waals surface area contributed by atoms with Gasteiger partial charge in [0.1, 0.15) is 0 Å². The first kappa shape index (κ1) is 12.8. The van der Waals surface area contributed by atoms with Crippen LogP contribution in [0.15, 0.2) is 30.3 Å². The average molecular weight is 259 g/mol. The molecule has 98 valence electrons. The molecular weight excluding hydrogens is 246 g/mol. The van der Waals surface area contributed by atoms with E-state index in [0.717, 1.165) is 5.69 Å². The Morgan fingerprint density at radius 1 is 1.37 bits per heavy atom. The molecule has 1 aromatic carbocycles. The van der Waals surface area contributed by atoms with Crippen LogP contribution in [-0.4, -0.2) is 27.2 Å². The van der Waals surface area contributed by atoms with Crippen LogP contribution in [0.5, 0.6) is 0 Å². The van der Waals surface area contributed by atoms with Crippen molar-refractivity contribution >= 4 is 17.7 Å². The number of hydrogen-bond acceptors (Lipinski definition) is 3. The van der Waals surface area contributed by atoms with Crippen LogP contribution in [0.3, 0.4) is 0 Å². The van der Waals surface area contributed by atoms with E-state index in [2.05, 4.69) is 15.5 Å². The van der Waals surface area contributed by atoms with Crippen molar-refractivity contribution in [3.63, 3.8) is 0 Å². The van der Waals surface area contributed by atoms with Crippen molar-refractivity contribution in [2.24, 2.45) is 0 Å². The first-order valence-corrected chi connectivity index (χ1v) is 5.69. The Balaban J connectivity index is 2.09. The minimum absolute atomic E-state index is 0.00557. The first-order valence-electron chi connectivity index (χ1n) is 5.69. The van der Waals surface area contributed by atoms with E-state index in [1.54, 1.807) is 24.3 Å². The third-order valence-electron chi connectivity index (χ3n) is 2.57. The highest BCUT2D eigenvalue weighted by Gasteiger charge is 2.13. The summed E-state index contributed by atoms with van der Waals surface area (Å²) in [6, 6.07) is 8.12. The maximum absolute atomic E-state index is 11.8. The molecule has 1 aromatic heterocycles. The molecule has 0 saturated heterocycles. The molecule has 0 bridgehead atoms. The summed E-state index contributed by atoms with van der Waals surface area (Å²) in [7, 11) is 0. The summed E-state index contributed by atoms with van der Waals surface area (Å²) in [6.45, 7) is 1.82. The molecule has 6 heteroatoms. The number of aromatic amines is 1. The quantitative estimate of drug-likeness (QED) is 0.777. The molecule has 6 nitrogen and oxygen atoms in total. The summed E-state index contributed by atoms with van der Waals surface area (Å²) >= 11 is 0. The molecule has 0 saturated carbocycles. The molecule has 0 aliphatic carbocycles. The Morgan fingerprint density at radius 3 is 2.74 bits per heavy atom. The first-order chi connectivity index (χ1) is 9.06. The Bertz CT molecular complexity index is 619. The molecule has 1 amide bonds. The zero-order valence-electron chi connectivity index (χ0n) is 10.3. The van der Waals surface area contributed by atoms with E-state index >= 15 is 0 Å². The summed E-state index contributed by atoms with van der Waals surface area (Å²) in [5.74, 6) is -0.922. The van der Waals surface area contributed by atoms with Crippen LogP contribution >= 0.6 is 0 Å². The maximum Gasteiger partial charge on any atom is 0.335 e. The van der Waals surface area contributed by atoms with E-state index in [4.69, 9.17) is 5.11 Å². The Hall–Kier alpha value is -2.63. The molecule has 0 aliphatic rings. The van der Waals surface area contributed by atoms with Gasteiger partial charge in [0, 0.05) is 11.8 Å². The number of aryl methyl sites for hydroxylation is 1. The summed E-state index contributed by atoms with van der Waals surface area (Å²) in [5, 5.41) is 18.2. The predicted octanol–water partition coefficient (Wildman–Crippen LogP) is 1.60. The molecule has 0 radical (unpaired) electrons. The van der Waals surface area contributed by atoms with Crippen molar-refractivity contribution in [2.75, 3.05) is 5.32 Å². The molecule has 19 heavy (non-hydrogen) atoms. The van der Waals surface area contributed by atoms with Crippen molar-refractivity contribution in [3.8, 4) is 0 Å². The van der Waals surface area contributed by atoms with E-state index in [1.807, 2.05) is 6.92 Å². The molecule has 2 aromatic rings. The molecule has 1 heterocycles. The number of aromatic carboxylic acids is 1. The van der Waals surface area contributed by atoms with Gasteiger partial charge in [0.25, 0.3) is 0 Å². The average Bonchev–Trinajstić information content (AvgIpc) is 2.75. The van der Waals surface area contributed by atoms with Gasteiger partial charge in [0.15, 0.2) is 5.82 Å². The minimum atomic E-state index is -1.04. The molecular formula is C13H13N3O3. The van der Waals surface area contributed by atoms with Crippen molar-refractivity contribution in [1.82, 2.24) is 10.2 Å². The van der Waals surface area contributed by atoms with Gasteiger partial charge in [-0.1, -0.05) is 18.2 Å². The number of amides is 1. The number of carbonyl (C=O) groups excluding carboxylic acids is 1. The van der Waals surface area contributed by atoms with Gasteiger partial charge in [0.2, 0.25) is 5.91 Å². The van der Waals surface area contributed by atoms with Crippen molar-refractivity contribution in [1.29, 1.82) is 0 Å². The lowest BCUT2D eigenvalue weighted by atomic mass is 10.0. The molecule has 0 fully saturated rings. The number of aromatic nitrogens is 2. The topological polar surface area (TPSA) is 95.1 Å². The second-order valence-electron chi connectivity index (χ2n) is 4.12. The lowest BCUT2D eigenvalue weighted by molar-refractivity contribution is -0.115. The number of carboxylic acid groups (broad SMARTS) is 1. The lowest BCUT2D eigenvalue weighted by Gasteiger charge is -2.05. The van der Waals surface area contributed by atoms with Gasteiger partial charge in [-0.05, 0) is 18.6 Å². The number of anilines is 1. The third-order valence-corrected chi connectivity index (χ3v) is 2.57. The monoisotopic (exact) mass is 259 g/mol. The second-order valence-corrected chi connectivity index (χ2v) is 4.12. The number of H-pyrrole nitrogens is 1. The summed E-state index contributed by atoms with van der Waals surface area (Å²) < 4.78 is 0. The highest BCUT2D eigenvalue weighted by Crippen LogP contribution is 2.11. The number of carboxylic acids is 1. The van der Waals surface area contributed by atoms with Crippen molar-refractivity contribution < 1.29 is 14.7 Å². The fraction of sp³-hybridized carbons (Fsp3) is 0.154. The van der Waals surface area contributed by atoms with Crippen LogP contribution in [0.2, 0.25) is 0 Å². The van der Waals surface area contributed by atoms with Crippen molar-refractivity contribution in [2.45, 2.75) is 13.3 Å². The SMILES string of the molecule is Cc1cc(NC(=O)Cc2ccccc2C(=O)O)n[nH]1. The third kappa shape index (κ3) is 3.19. The van der Waals surface area contributed by atoms with E-state index in [9.17, 15) is 9.59 Å². The minimum Gasteiger partial charge on any atom is -0.478 e. The van der Waals surface area contributed by atoms with Gasteiger partial charge in [-0.25, -0.2) is 4.79 Å². The zero-order chi connectivity index (χ0) is 13.8. The summed E-state index contributed by atoms with van der Waals surface area (Å²) in [4.78, 5) is 22.8. The predicted molar refractivity (Wildman–Crippen MR) is 69.1 cm³/mol. The second kappa shape index (κ2) is 5.34. The van der Waals surface area contributed by atoms with E-state index in [-0.39, 0.29) is 17.9 Å². The highest BCUT2D eigenvalue weighted by atomic mass is 16.4. The van der Waals surface area contributed by atoms with Gasteiger partial charge in [-0.3, -0.25) is 9.89 Å². The molecule has 2 rings (SSSR count). The largest absolute Gasteiger partial charge is 0.478 e. The number of hydrogen-bond donors (Lipinski definition) is 3. The molecule has 0 aliphatic heterocycles. The molecule has 3 N–H and O–H groups in total. The van der Waals surface area contributed by atoms with Gasteiger partial charge < -0.3 is 10.4 Å². The lowest BCUT2D eigenvalue weighted by Crippen LogP contribution is -2.16. The summed E-state index contributed by atoms with van der Waals surface area (Å²) in [5.41, 5.74) is 1.44. The van der Waals surface area contributed by atoms with Gasteiger partial charge in [0.05, 0.1) is 12.0 Å². The number of carbonyl (C=O) groups is 2. The van der Waals surface area contributed by atoms with Crippen LogP contribution in [-0.2, 0) is 11.2 Å². The molecule has 0 atom stereocenters. The van der Waals surface area contributed by atoms with Crippen molar-refractivity contribution in [3.05, 3.63) is 47.2 Å². The maximum atomic E-state index is 11.8. The zero-order valence-corrected chi connectivity index (χ0v) is 10.3. The van der Waals surface area contributed by atoms with Crippen LogP contribution in [0, 0.1) is 6.92 Å². The normalized spacial score (nSPS) is 10.2. The highest BCUT2D eigenvalue weighted by molar-refractivity contribution is 5.95. The Kier molecular flexibility index (Phi) is 3.61. The van der Waals surface area contributed by atoms with Crippen LogP contribution in [0.4, 0.5) is 5.82 Å². The van der Waals surface area contributed by atoms with Gasteiger partial charge >= 0.3 is 5.97 Å². The molecule has 0 unspecified atom stereocenters. The smallest absolute Gasteiger partial charge is 0.335 e. The van der Waals surface area contributed by atoms with E-state index < -0.39 is 5.97 Å². The number of rotatable bonds is 4. The summed E-state index contributed by atoms with van der Waals surface area (Å²) in [6.07, 6.45) is -0.00557. The fourth-order valence-electron chi connectivity index (χ4n) is 1.73. The van der Waals surface area contributed by atoms with E-state index in [1.165, 1.54) is 6.07 Å². The van der Waals surface area contributed by atoms with Crippen LogP contribution < -0.4 is 5.32 Å². The number of nitrogens with one attached hydrogen (secondary N) is 2. The number of benzene rings is 1. The van der Waals surface area contributed by atoms with Gasteiger partial charge in [-0.2, -0.15) is 5.10 Å². The standard InChI is InChI=1S/C13H13N3O3/c1-8-6-11(16-15-8)14-12(17)7-9-4-2-3-5-10(9)13(18)19/h2-6H,7H2,1H3,(H,18,19)(H2,14,15,16,17). The number of nitrogens with zero attached hydrogens (tertiary/aromatic N) is 1. The van der Waals surface area contributed by atoms with Crippen LogP contribution in [0.1, 0.15) is 21.6 Å². The van der Waals surface area contributed by atoms with Crippen LogP contribution in [0.25, 0.3) is 0 Å². The fourth-order valence-corrected chi connectivity index (χ4v) is 1.73. The molecule has 0 spiro atoms. The van der Waals surface area contributed by atoms with Gasteiger partial charge in [-0.15, -0.1) is 0 Å². The Labute approximate surface area is 109 Å². The Morgan fingerprint density at radius 2 is 2.11 bits per heavy atom. The van der Waals surface area contributed by atoms with E-state index in [0.29, 0.717) is 11.4 Å².